The summed E-state index contributed by atoms with van der Waals surface area (Å²) in [5.41, 5.74) is 3.45. The number of nitrogens with two attached hydrogens (primary N) is 1. The van der Waals surface area contributed by atoms with E-state index in [0.717, 1.165) is 0 Å². The third-order valence-electron chi connectivity index (χ3n) is 1.17. The van der Waals surface area contributed by atoms with E-state index in [1.807, 2.05) is 0 Å². The van der Waals surface area contributed by atoms with Crippen molar-refractivity contribution in [1.82, 2.24) is 0 Å². The normalized spacial score (nSPS) is 11.8. The highest BCUT2D eigenvalue weighted by Crippen LogP contribution is 2.28. The van der Waals surface area contributed by atoms with Crippen LogP contribution in [0.15, 0.2) is 0 Å². The van der Waals surface area contributed by atoms with Gasteiger partial charge in [0.15, 0.2) is 0 Å². The molecule has 0 aliphatic carbocycles. The summed E-state index contributed by atoms with van der Waals surface area (Å²) in [4.78, 5) is 10.4. The highest BCUT2D eigenvalue weighted by atomic mass is 31.1. The van der Waals surface area contributed by atoms with Crippen LogP contribution in [-0.4, -0.2) is 25.7 Å². The fourth-order valence-electron chi connectivity index (χ4n) is 0.555. The van der Waals surface area contributed by atoms with Gasteiger partial charge in [-0.1, -0.05) is 0 Å². The molecule has 0 bridgehead atoms. The summed E-state index contributed by atoms with van der Waals surface area (Å²) in [5.74, 6) is -0.628. The Morgan fingerprint density at radius 2 is 2.00 bits per heavy atom. The number of amides is 1. The maximum Gasteiger partial charge on any atom is 0.259 e. The van der Waals surface area contributed by atoms with E-state index in [2.05, 4.69) is 0 Å². The Bertz CT molecular complexity index is 157. The maximum absolute atomic E-state index is 10.5. The van der Waals surface area contributed by atoms with Gasteiger partial charge in [0, 0.05) is 14.2 Å². The highest BCUT2D eigenvalue weighted by Gasteiger charge is 2.32. The largest absolute Gasteiger partial charge is 0.369 e. The number of hydrogen-bond donors (Lipinski definition) is 1. The van der Waals surface area contributed by atoms with Gasteiger partial charge in [0.2, 0.25) is 14.4 Å². The van der Waals surface area contributed by atoms with E-state index >= 15 is 0 Å². The third kappa shape index (κ3) is 2.93. The van der Waals surface area contributed by atoms with Crippen molar-refractivity contribution < 1.29 is 18.8 Å². The van der Waals surface area contributed by atoms with E-state index < -0.39 is 19.9 Å². The molecule has 0 radical (unpaired) electrons. The Morgan fingerprint density at radius 3 is 2.09 bits per heavy atom. The first-order valence-electron chi connectivity index (χ1n) is 2.83. The lowest BCUT2D eigenvalue weighted by molar-refractivity contribution is -0.154. The van der Waals surface area contributed by atoms with E-state index in [1.54, 1.807) is 0 Å². The van der Waals surface area contributed by atoms with Crippen LogP contribution in [0.3, 0.4) is 0 Å². The quantitative estimate of drug-likeness (QED) is 0.479. The summed E-state index contributed by atoms with van der Waals surface area (Å²) in [7, 11) is 2.16. The molecule has 0 saturated heterocycles. The van der Waals surface area contributed by atoms with Crippen LogP contribution in [0.1, 0.15) is 6.42 Å². The molecule has 0 aromatic carbocycles. The zero-order chi connectivity index (χ0) is 8.91. The summed E-state index contributed by atoms with van der Waals surface area (Å²) in [6.45, 7) is 0. The minimum Gasteiger partial charge on any atom is -0.369 e. The predicted octanol–water partition coefficient (Wildman–Crippen LogP) is 0.100. The molecule has 5 nitrogen and oxygen atoms in total. The number of carbonyl (C=O) groups excluding carboxylic acids is 1. The van der Waals surface area contributed by atoms with Crippen molar-refractivity contribution in [1.29, 1.82) is 0 Å². The second-order valence-corrected chi connectivity index (χ2v) is 2.72. The Balaban J connectivity index is 4.28. The van der Waals surface area contributed by atoms with Crippen LogP contribution in [0.4, 0.5) is 0 Å². The number of hydrogen-bond acceptors (Lipinski definition) is 4. The Kier molecular flexibility index (Phi) is 4.18. The molecule has 6 heteroatoms. The summed E-state index contributed by atoms with van der Waals surface area (Å²) in [6.07, 6.45) is -0.231. The Hall–Kier alpha value is -0.510. The van der Waals surface area contributed by atoms with Crippen molar-refractivity contribution >= 4 is 14.4 Å². The van der Waals surface area contributed by atoms with Gasteiger partial charge in [0.25, 0.3) is 5.53 Å². The second-order valence-electron chi connectivity index (χ2n) is 1.86. The first-order valence-corrected chi connectivity index (χ1v) is 3.64. The maximum atomic E-state index is 10.5. The summed E-state index contributed by atoms with van der Waals surface area (Å²) >= 11 is 0. The van der Waals surface area contributed by atoms with Gasteiger partial charge in [-0.25, -0.2) is 0 Å². The van der Waals surface area contributed by atoms with Crippen LogP contribution in [0.2, 0.25) is 0 Å². The second kappa shape index (κ2) is 4.38. The summed E-state index contributed by atoms with van der Waals surface area (Å²) in [6, 6.07) is 0. The first kappa shape index (κ1) is 10.5. The molecule has 1 amide bonds. The van der Waals surface area contributed by atoms with Crippen LogP contribution in [0.25, 0.3) is 0 Å². The molecule has 0 aromatic heterocycles. The molecule has 0 aliphatic rings. The van der Waals surface area contributed by atoms with Crippen LogP contribution in [-0.2, 0) is 18.8 Å². The van der Waals surface area contributed by atoms with Crippen molar-refractivity contribution in [3.63, 3.8) is 0 Å². The van der Waals surface area contributed by atoms with Crippen LogP contribution in [0, 0.1) is 0 Å². The van der Waals surface area contributed by atoms with Gasteiger partial charge in [-0.05, 0) is 0 Å². The van der Waals surface area contributed by atoms with Crippen molar-refractivity contribution in [2.24, 2.45) is 5.73 Å². The number of rotatable bonds is 5. The lowest BCUT2D eigenvalue weighted by Crippen LogP contribution is -2.32. The van der Waals surface area contributed by atoms with Crippen LogP contribution < -0.4 is 5.73 Å². The molecular weight excluding hydrogens is 169 g/mol. The zero-order valence-corrected chi connectivity index (χ0v) is 7.26. The minimum absolute atomic E-state index is 0.231. The molecule has 0 aromatic rings. The van der Waals surface area contributed by atoms with Gasteiger partial charge < -0.3 is 15.2 Å². The first-order chi connectivity index (χ1) is 5.10. The molecular formula is C5H10NO4P. The van der Waals surface area contributed by atoms with Gasteiger partial charge in [-0.2, -0.15) is 0 Å². The summed E-state index contributed by atoms with van der Waals surface area (Å²) < 4.78 is 19.9. The fraction of sp³-hybridized carbons (Fsp3) is 0.800. The molecule has 0 fully saturated rings. The summed E-state index contributed by atoms with van der Waals surface area (Å²) in [5, 5.41) is 0. The molecule has 0 aliphatic heterocycles. The van der Waals surface area contributed by atoms with Crippen LogP contribution in [0.5, 0.6) is 0 Å². The zero-order valence-electron chi connectivity index (χ0n) is 6.36. The third-order valence-corrected chi connectivity index (χ3v) is 1.98. The van der Waals surface area contributed by atoms with Gasteiger partial charge in [0.05, 0.1) is 6.42 Å². The Morgan fingerprint density at radius 1 is 1.55 bits per heavy atom. The van der Waals surface area contributed by atoms with Gasteiger partial charge in [0.1, 0.15) is 0 Å². The lowest BCUT2D eigenvalue weighted by Gasteiger charge is -2.20. The van der Waals surface area contributed by atoms with Gasteiger partial charge >= 0.3 is 0 Å². The predicted molar refractivity (Wildman–Crippen MR) is 38.2 cm³/mol. The molecule has 0 saturated carbocycles. The van der Waals surface area contributed by atoms with E-state index in [-0.39, 0.29) is 6.42 Å². The van der Waals surface area contributed by atoms with E-state index in [9.17, 15) is 9.36 Å². The standard InChI is InChI=1S/C5H10NO4P/c1-9-5(10-2,11-8)3-4(6)7/h3H2,1-2H3,(H2,6,7). The van der Waals surface area contributed by atoms with E-state index in [0.29, 0.717) is 0 Å². The molecule has 0 spiro atoms. The van der Waals surface area contributed by atoms with Crippen molar-refractivity contribution in [3.8, 4) is 0 Å². The van der Waals surface area contributed by atoms with Gasteiger partial charge in [-0.15, -0.1) is 0 Å². The monoisotopic (exact) mass is 179 g/mol. The average Bonchev–Trinajstić information content (AvgIpc) is 2.00. The van der Waals surface area contributed by atoms with E-state index in [1.165, 1.54) is 14.2 Å². The highest BCUT2D eigenvalue weighted by molar-refractivity contribution is 7.25. The van der Waals surface area contributed by atoms with E-state index in [4.69, 9.17) is 15.2 Å². The molecule has 2 N–H and O–H groups in total. The number of primary amides is 1. The molecule has 0 rings (SSSR count). The fourth-order valence-corrected chi connectivity index (χ4v) is 0.924. The number of ether oxygens (including phenoxy) is 2. The number of carbonyl (C=O) groups is 1. The minimum atomic E-state index is -1.41. The van der Waals surface area contributed by atoms with Crippen molar-refractivity contribution in [3.05, 3.63) is 0 Å². The molecule has 64 valence electrons. The average molecular weight is 179 g/mol. The molecule has 0 heterocycles. The van der Waals surface area contributed by atoms with Crippen molar-refractivity contribution in [2.45, 2.75) is 11.9 Å². The van der Waals surface area contributed by atoms with Gasteiger partial charge in [-0.3, -0.25) is 9.36 Å². The molecule has 0 atom stereocenters. The van der Waals surface area contributed by atoms with Crippen molar-refractivity contribution in [2.75, 3.05) is 14.2 Å². The Labute approximate surface area is 66.0 Å². The molecule has 11 heavy (non-hydrogen) atoms. The number of methoxy groups -OCH3 is 2. The molecule has 0 unspecified atom stereocenters. The SMILES string of the molecule is COC(CC(N)=O)(OC)P=O. The lowest BCUT2D eigenvalue weighted by atomic mass is 10.4. The van der Waals surface area contributed by atoms with Crippen LogP contribution >= 0.6 is 8.46 Å². The topological polar surface area (TPSA) is 78.6 Å². The smallest absolute Gasteiger partial charge is 0.259 e.